The van der Waals surface area contributed by atoms with Crippen LogP contribution in [0.2, 0.25) is 0 Å². The Hall–Kier alpha value is -0.610. The van der Waals surface area contributed by atoms with Gasteiger partial charge in [-0.15, -0.1) is 0 Å². The SMILES string of the molecule is Cc1nc(Br)ccc1NC(C)CC1CCCN1. The number of rotatable bonds is 4. The predicted octanol–water partition coefficient (Wildman–Crippen LogP) is 3.10. The van der Waals surface area contributed by atoms with Crippen LogP contribution in [0.25, 0.3) is 0 Å². The van der Waals surface area contributed by atoms with Gasteiger partial charge in [-0.05, 0) is 67.7 Å². The molecule has 2 N–H and O–H groups in total. The topological polar surface area (TPSA) is 37.0 Å². The van der Waals surface area contributed by atoms with Crippen LogP contribution in [0.15, 0.2) is 16.7 Å². The Morgan fingerprint density at radius 1 is 1.59 bits per heavy atom. The van der Waals surface area contributed by atoms with Crippen LogP contribution in [-0.2, 0) is 0 Å². The Labute approximate surface area is 112 Å². The lowest BCUT2D eigenvalue weighted by molar-refractivity contribution is 0.523. The first-order valence-corrected chi connectivity index (χ1v) is 7.07. The van der Waals surface area contributed by atoms with Crippen molar-refractivity contribution in [1.29, 1.82) is 0 Å². The zero-order valence-electron chi connectivity index (χ0n) is 10.5. The van der Waals surface area contributed by atoms with E-state index in [2.05, 4.69) is 44.5 Å². The molecule has 2 heterocycles. The van der Waals surface area contributed by atoms with Crippen molar-refractivity contribution in [3.8, 4) is 0 Å². The standard InChI is InChI=1S/C13H20BrN3/c1-9(8-11-4-3-7-15-11)16-12-5-6-13(14)17-10(12)2/h5-6,9,11,15-16H,3-4,7-8H2,1-2H3. The van der Waals surface area contributed by atoms with Gasteiger partial charge in [-0.25, -0.2) is 4.98 Å². The fraction of sp³-hybridized carbons (Fsp3) is 0.615. The first kappa shape index (κ1) is 12.8. The number of hydrogen-bond acceptors (Lipinski definition) is 3. The Morgan fingerprint density at radius 3 is 3.06 bits per heavy atom. The molecule has 1 aliphatic heterocycles. The number of halogens is 1. The number of anilines is 1. The van der Waals surface area contributed by atoms with E-state index in [1.807, 2.05) is 13.0 Å². The third-order valence-corrected chi connectivity index (χ3v) is 3.70. The molecule has 2 unspecified atom stereocenters. The highest BCUT2D eigenvalue weighted by Gasteiger charge is 2.17. The number of nitrogens with zero attached hydrogens (tertiary/aromatic N) is 1. The van der Waals surface area contributed by atoms with Gasteiger partial charge in [-0.1, -0.05) is 0 Å². The van der Waals surface area contributed by atoms with Crippen LogP contribution in [0.5, 0.6) is 0 Å². The van der Waals surface area contributed by atoms with Crippen molar-refractivity contribution in [2.45, 2.75) is 45.2 Å². The zero-order chi connectivity index (χ0) is 12.3. The molecule has 1 fully saturated rings. The summed E-state index contributed by atoms with van der Waals surface area (Å²) in [5.41, 5.74) is 2.18. The summed E-state index contributed by atoms with van der Waals surface area (Å²) in [5, 5.41) is 7.07. The molecule has 0 radical (unpaired) electrons. The second-order valence-corrected chi connectivity index (χ2v) is 5.65. The third-order valence-electron chi connectivity index (χ3n) is 3.25. The lowest BCUT2D eigenvalue weighted by Crippen LogP contribution is -2.29. The summed E-state index contributed by atoms with van der Waals surface area (Å²) in [6.07, 6.45) is 3.80. The van der Waals surface area contributed by atoms with Crippen LogP contribution in [0.4, 0.5) is 5.69 Å². The van der Waals surface area contributed by atoms with Gasteiger partial charge in [-0.2, -0.15) is 0 Å². The van der Waals surface area contributed by atoms with Gasteiger partial charge in [0.2, 0.25) is 0 Å². The lowest BCUT2D eigenvalue weighted by Gasteiger charge is -2.20. The summed E-state index contributed by atoms with van der Waals surface area (Å²) in [5.74, 6) is 0. The number of pyridine rings is 1. The van der Waals surface area contributed by atoms with Gasteiger partial charge in [0.05, 0.1) is 11.4 Å². The van der Waals surface area contributed by atoms with E-state index in [0.717, 1.165) is 16.0 Å². The molecule has 0 aliphatic carbocycles. The van der Waals surface area contributed by atoms with Gasteiger partial charge < -0.3 is 10.6 Å². The zero-order valence-corrected chi connectivity index (χ0v) is 12.0. The highest BCUT2D eigenvalue weighted by atomic mass is 79.9. The molecule has 1 aromatic heterocycles. The molecule has 0 saturated carbocycles. The average Bonchev–Trinajstić information content (AvgIpc) is 2.75. The van der Waals surface area contributed by atoms with Crippen molar-refractivity contribution >= 4 is 21.6 Å². The molecule has 1 saturated heterocycles. The first-order valence-electron chi connectivity index (χ1n) is 6.28. The van der Waals surface area contributed by atoms with Crippen molar-refractivity contribution < 1.29 is 0 Å². The Kier molecular flexibility index (Phi) is 4.40. The molecule has 1 aliphatic rings. The summed E-state index contributed by atoms with van der Waals surface area (Å²) < 4.78 is 0.894. The van der Waals surface area contributed by atoms with Crippen LogP contribution in [0.1, 0.15) is 31.9 Å². The van der Waals surface area contributed by atoms with Gasteiger partial charge in [0, 0.05) is 12.1 Å². The van der Waals surface area contributed by atoms with Crippen LogP contribution in [-0.4, -0.2) is 23.6 Å². The number of nitrogens with one attached hydrogen (secondary N) is 2. The molecule has 4 heteroatoms. The van der Waals surface area contributed by atoms with Crippen molar-refractivity contribution in [2.24, 2.45) is 0 Å². The number of hydrogen-bond donors (Lipinski definition) is 2. The van der Waals surface area contributed by atoms with E-state index in [4.69, 9.17) is 0 Å². The maximum atomic E-state index is 4.40. The molecule has 17 heavy (non-hydrogen) atoms. The summed E-state index contributed by atoms with van der Waals surface area (Å²) in [6.45, 7) is 5.45. The van der Waals surface area contributed by atoms with E-state index in [1.54, 1.807) is 0 Å². The second kappa shape index (κ2) is 5.83. The minimum absolute atomic E-state index is 0.479. The molecule has 0 bridgehead atoms. The molecular weight excluding hydrogens is 278 g/mol. The van der Waals surface area contributed by atoms with E-state index in [1.165, 1.54) is 25.8 Å². The van der Waals surface area contributed by atoms with E-state index in [0.29, 0.717) is 12.1 Å². The lowest BCUT2D eigenvalue weighted by atomic mass is 10.1. The minimum Gasteiger partial charge on any atom is -0.381 e. The van der Waals surface area contributed by atoms with Gasteiger partial charge in [0.1, 0.15) is 4.60 Å². The van der Waals surface area contributed by atoms with Crippen LogP contribution in [0.3, 0.4) is 0 Å². The first-order chi connectivity index (χ1) is 8.15. The molecule has 94 valence electrons. The minimum atomic E-state index is 0.479. The van der Waals surface area contributed by atoms with E-state index in [9.17, 15) is 0 Å². The van der Waals surface area contributed by atoms with Gasteiger partial charge in [0.25, 0.3) is 0 Å². The maximum Gasteiger partial charge on any atom is 0.106 e. The highest BCUT2D eigenvalue weighted by molar-refractivity contribution is 9.10. The van der Waals surface area contributed by atoms with Crippen LogP contribution >= 0.6 is 15.9 Å². The molecule has 0 aromatic carbocycles. The monoisotopic (exact) mass is 297 g/mol. The van der Waals surface area contributed by atoms with Crippen LogP contribution < -0.4 is 10.6 Å². The maximum absolute atomic E-state index is 4.40. The predicted molar refractivity (Wildman–Crippen MR) is 75.4 cm³/mol. The van der Waals surface area contributed by atoms with Gasteiger partial charge >= 0.3 is 0 Å². The highest BCUT2D eigenvalue weighted by Crippen LogP contribution is 2.19. The number of aryl methyl sites for hydroxylation is 1. The van der Waals surface area contributed by atoms with Gasteiger partial charge in [0.15, 0.2) is 0 Å². The molecule has 2 rings (SSSR count). The normalized spacial score (nSPS) is 21.5. The van der Waals surface area contributed by atoms with Crippen molar-refractivity contribution in [1.82, 2.24) is 10.3 Å². The summed E-state index contributed by atoms with van der Waals surface area (Å²) in [7, 11) is 0. The van der Waals surface area contributed by atoms with Crippen molar-refractivity contribution in [3.05, 3.63) is 22.4 Å². The van der Waals surface area contributed by atoms with Crippen molar-refractivity contribution in [2.75, 3.05) is 11.9 Å². The van der Waals surface area contributed by atoms with E-state index in [-0.39, 0.29) is 0 Å². The largest absolute Gasteiger partial charge is 0.381 e. The van der Waals surface area contributed by atoms with E-state index >= 15 is 0 Å². The molecule has 1 aromatic rings. The molecule has 2 atom stereocenters. The summed E-state index contributed by atoms with van der Waals surface area (Å²) in [4.78, 5) is 4.40. The fourth-order valence-corrected chi connectivity index (χ4v) is 2.79. The smallest absolute Gasteiger partial charge is 0.106 e. The Balaban J connectivity index is 1.90. The Morgan fingerprint density at radius 2 is 2.41 bits per heavy atom. The Bertz CT molecular complexity index is 375. The molecule has 0 spiro atoms. The summed E-state index contributed by atoms with van der Waals surface area (Å²) in [6, 6.07) is 5.23. The van der Waals surface area contributed by atoms with E-state index < -0.39 is 0 Å². The quantitative estimate of drug-likeness (QED) is 0.839. The fourth-order valence-electron chi connectivity index (χ4n) is 2.39. The molecule has 3 nitrogen and oxygen atoms in total. The third kappa shape index (κ3) is 3.68. The molecular formula is C13H20BrN3. The average molecular weight is 298 g/mol. The van der Waals surface area contributed by atoms with Crippen LogP contribution in [0, 0.1) is 6.92 Å². The van der Waals surface area contributed by atoms with Gasteiger partial charge in [-0.3, -0.25) is 0 Å². The molecule has 0 amide bonds. The van der Waals surface area contributed by atoms with Crippen molar-refractivity contribution in [3.63, 3.8) is 0 Å². The number of aromatic nitrogens is 1. The summed E-state index contributed by atoms with van der Waals surface area (Å²) >= 11 is 3.38. The second-order valence-electron chi connectivity index (χ2n) is 4.84.